The normalized spacial score (nSPS) is 17.0. The van der Waals surface area contributed by atoms with Crippen LogP contribution in [0, 0.1) is 0 Å². The molecule has 0 atom stereocenters. The molecule has 0 spiro atoms. The summed E-state index contributed by atoms with van der Waals surface area (Å²) in [4.78, 5) is 16.9. The summed E-state index contributed by atoms with van der Waals surface area (Å²) in [5, 5.41) is 2.98. The van der Waals surface area contributed by atoms with E-state index in [-0.39, 0.29) is 5.91 Å². The molecule has 0 aliphatic carbocycles. The van der Waals surface area contributed by atoms with Gasteiger partial charge in [0.15, 0.2) is 0 Å². The van der Waals surface area contributed by atoms with Crippen LogP contribution in [0.25, 0.3) is 0 Å². The molecule has 122 valence electrons. The van der Waals surface area contributed by atoms with Crippen molar-refractivity contribution in [2.45, 2.75) is 12.8 Å². The van der Waals surface area contributed by atoms with E-state index >= 15 is 0 Å². The van der Waals surface area contributed by atoms with Gasteiger partial charge >= 0.3 is 0 Å². The summed E-state index contributed by atoms with van der Waals surface area (Å²) in [6.45, 7) is 6.39. The summed E-state index contributed by atoms with van der Waals surface area (Å²) in [5.41, 5.74) is 0.678. The molecule has 0 radical (unpaired) electrons. The van der Waals surface area contributed by atoms with E-state index in [4.69, 9.17) is 4.74 Å². The number of hydrogen-bond donors (Lipinski definition) is 1. The van der Waals surface area contributed by atoms with Gasteiger partial charge in [-0.25, -0.2) is 0 Å². The maximum Gasteiger partial charge on any atom is 0.251 e. The van der Waals surface area contributed by atoms with Crippen molar-refractivity contribution < 1.29 is 9.53 Å². The maximum atomic E-state index is 12.0. The molecule has 22 heavy (non-hydrogen) atoms. The first-order chi connectivity index (χ1) is 10.7. The summed E-state index contributed by atoms with van der Waals surface area (Å²) < 4.78 is 5.09. The molecule has 1 aliphatic rings. The lowest BCUT2D eigenvalue weighted by Gasteiger charge is -2.19. The molecular weight excluding hydrogens is 278 g/mol. The number of likely N-dealkylation sites (N-methyl/N-ethyl adjacent to an activating group) is 1. The zero-order valence-electron chi connectivity index (χ0n) is 13.7. The van der Waals surface area contributed by atoms with Crippen LogP contribution in [0.5, 0.6) is 5.75 Å². The fraction of sp³-hybridized carbons (Fsp3) is 0.588. The van der Waals surface area contributed by atoms with Gasteiger partial charge in [0, 0.05) is 25.2 Å². The van der Waals surface area contributed by atoms with E-state index < -0.39 is 0 Å². The summed E-state index contributed by atoms with van der Waals surface area (Å²) in [6, 6.07) is 7.20. The molecule has 0 saturated carbocycles. The molecule has 1 heterocycles. The van der Waals surface area contributed by atoms with Crippen molar-refractivity contribution in [2.24, 2.45) is 0 Å². The van der Waals surface area contributed by atoms with Crippen LogP contribution in [0.1, 0.15) is 23.2 Å². The second-order valence-corrected chi connectivity index (χ2v) is 5.84. The highest BCUT2D eigenvalue weighted by molar-refractivity contribution is 5.94. The van der Waals surface area contributed by atoms with Crippen molar-refractivity contribution >= 4 is 5.91 Å². The average Bonchev–Trinajstić information content (AvgIpc) is 2.76. The smallest absolute Gasteiger partial charge is 0.251 e. The fourth-order valence-electron chi connectivity index (χ4n) is 2.67. The Morgan fingerprint density at radius 3 is 2.68 bits per heavy atom. The molecule has 0 aromatic heterocycles. The van der Waals surface area contributed by atoms with Gasteiger partial charge in [0.25, 0.3) is 5.91 Å². The lowest BCUT2D eigenvalue weighted by Crippen LogP contribution is -2.32. The number of nitrogens with one attached hydrogen (secondary N) is 1. The predicted molar refractivity (Wildman–Crippen MR) is 88.5 cm³/mol. The maximum absolute atomic E-state index is 12.0. The minimum Gasteiger partial charge on any atom is -0.497 e. The van der Waals surface area contributed by atoms with Gasteiger partial charge in [-0.15, -0.1) is 0 Å². The first-order valence-electron chi connectivity index (χ1n) is 8.02. The Kier molecular flexibility index (Phi) is 6.68. The number of carbonyl (C=O) groups is 1. The zero-order valence-corrected chi connectivity index (χ0v) is 13.7. The molecule has 0 bridgehead atoms. The monoisotopic (exact) mass is 305 g/mol. The molecule has 5 heteroatoms. The lowest BCUT2D eigenvalue weighted by molar-refractivity contribution is 0.0951. The highest BCUT2D eigenvalue weighted by Gasteiger charge is 2.11. The number of amides is 1. The highest BCUT2D eigenvalue weighted by Crippen LogP contribution is 2.11. The Bertz CT molecular complexity index is 461. The Balaban J connectivity index is 1.66. The Labute approximate surface area is 133 Å². The number of rotatable bonds is 6. The van der Waals surface area contributed by atoms with E-state index in [9.17, 15) is 4.79 Å². The predicted octanol–water partition coefficient (Wildman–Crippen LogP) is 1.45. The van der Waals surface area contributed by atoms with Gasteiger partial charge in [-0.05, 0) is 63.8 Å². The number of carbonyl (C=O) groups excluding carboxylic acids is 1. The van der Waals surface area contributed by atoms with Crippen LogP contribution in [-0.4, -0.2) is 69.1 Å². The Morgan fingerprint density at radius 1 is 1.18 bits per heavy atom. The molecule has 1 saturated heterocycles. The van der Waals surface area contributed by atoms with Gasteiger partial charge < -0.3 is 19.9 Å². The van der Waals surface area contributed by atoms with Crippen molar-refractivity contribution in [1.82, 2.24) is 15.1 Å². The second kappa shape index (κ2) is 8.76. The SMILES string of the molecule is COc1ccc(C(=O)NCCCN2CCCN(C)CC2)cc1. The second-order valence-electron chi connectivity index (χ2n) is 5.84. The van der Waals surface area contributed by atoms with Gasteiger partial charge in [0.05, 0.1) is 7.11 Å². The van der Waals surface area contributed by atoms with Crippen LogP contribution in [0.2, 0.25) is 0 Å². The fourth-order valence-corrected chi connectivity index (χ4v) is 2.67. The van der Waals surface area contributed by atoms with Gasteiger partial charge in [0.1, 0.15) is 5.75 Å². The van der Waals surface area contributed by atoms with Crippen LogP contribution >= 0.6 is 0 Å². The van der Waals surface area contributed by atoms with E-state index in [1.54, 1.807) is 19.2 Å². The Hall–Kier alpha value is -1.59. The van der Waals surface area contributed by atoms with Crippen LogP contribution in [-0.2, 0) is 0 Å². The van der Waals surface area contributed by atoms with Crippen LogP contribution < -0.4 is 10.1 Å². The van der Waals surface area contributed by atoms with Gasteiger partial charge in [-0.1, -0.05) is 0 Å². The van der Waals surface area contributed by atoms with E-state index in [1.807, 2.05) is 12.1 Å². The van der Waals surface area contributed by atoms with Gasteiger partial charge in [-0.3, -0.25) is 4.79 Å². The molecule has 0 unspecified atom stereocenters. The third-order valence-electron chi connectivity index (χ3n) is 4.10. The Morgan fingerprint density at radius 2 is 1.95 bits per heavy atom. The standard InChI is InChI=1S/C17H27N3O2/c1-19-10-4-12-20(14-13-19)11-3-9-18-17(21)15-5-7-16(22-2)8-6-15/h5-8H,3-4,9-14H2,1-2H3,(H,18,21). The molecule has 2 rings (SSSR count). The largest absolute Gasteiger partial charge is 0.497 e. The van der Waals surface area contributed by atoms with Crippen molar-refractivity contribution in [3.8, 4) is 5.75 Å². The van der Waals surface area contributed by atoms with Crippen molar-refractivity contribution in [3.63, 3.8) is 0 Å². The third-order valence-corrected chi connectivity index (χ3v) is 4.10. The van der Waals surface area contributed by atoms with Gasteiger partial charge in [-0.2, -0.15) is 0 Å². The number of ether oxygens (including phenoxy) is 1. The van der Waals surface area contributed by atoms with Crippen LogP contribution in [0.4, 0.5) is 0 Å². The minimum atomic E-state index is -0.0155. The average molecular weight is 305 g/mol. The molecule has 5 nitrogen and oxygen atoms in total. The summed E-state index contributed by atoms with van der Waals surface area (Å²) in [5.74, 6) is 0.751. The van der Waals surface area contributed by atoms with E-state index in [0.717, 1.165) is 44.9 Å². The number of benzene rings is 1. The van der Waals surface area contributed by atoms with Crippen molar-refractivity contribution in [3.05, 3.63) is 29.8 Å². The molecule has 1 aromatic carbocycles. The minimum absolute atomic E-state index is 0.0155. The molecule has 1 aliphatic heterocycles. The van der Waals surface area contributed by atoms with Crippen LogP contribution in [0.3, 0.4) is 0 Å². The third kappa shape index (κ3) is 5.31. The summed E-state index contributed by atoms with van der Waals surface area (Å²) in [7, 11) is 3.80. The van der Waals surface area contributed by atoms with Crippen molar-refractivity contribution in [2.75, 3.05) is 53.4 Å². The summed E-state index contributed by atoms with van der Waals surface area (Å²) in [6.07, 6.45) is 2.22. The van der Waals surface area contributed by atoms with Crippen molar-refractivity contribution in [1.29, 1.82) is 0 Å². The van der Waals surface area contributed by atoms with E-state index in [0.29, 0.717) is 5.56 Å². The lowest BCUT2D eigenvalue weighted by atomic mass is 10.2. The molecule has 1 aromatic rings. The topological polar surface area (TPSA) is 44.8 Å². The van der Waals surface area contributed by atoms with Gasteiger partial charge in [0.2, 0.25) is 0 Å². The van der Waals surface area contributed by atoms with E-state index in [2.05, 4.69) is 22.2 Å². The zero-order chi connectivity index (χ0) is 15.8. The van der Waals surface area contributed by atoms with Crippen LogP contribution in [0.15, 0.2) is 24.3 Å². The quantitative estimate of drug-likeness (QED) is 0.808. The highest BCUT2D eigenvalue weighted by atomic mass is 16.5. The first kappa shape index (κ1) is 16.8. The number of methoxy groups -OCH3 is 1. The first-order valence-corrected chi connectivity index (χ1v) is 8.02. The molecule has 1 amide bonds. The molecule has 1 fully saturated rings. The molecular formula is C17H27N3O2. The van der Waals surface area contributed by atoms with E-state index in [1.165, 1.54) is 13.0 Å². The molecule has 1 N–H and O–H groups in total. The number of hydrogen-bond acceptors (Lipinski definition) is 4. The number of nitrogens with zero attached hydrogens (tertiary/aromatic N) is 2. The summed E-state index contributed by atoms with van der Waals surface area (Å²) >= 11 is 0.